The smallest absolute Gasteiger partial charge is 0.410 e. The summed E-state index contributed by atoms with van der Waals surface area (Å²) in [4.78, 5) is 15.5. The average Bonchev–Trinajstić information content (AvgIpc) is 2.90. The molecule has 5 heteroatoms. The first kappa shape index (κ1) is 18.3. The summed E-state index contributed by atoms with van der Waals surface area (Å²) in [5, 5.41) is 0. The van der Waals surface area contributed by atoms with Gasteiger partial charge >= 0.3 is 6.09 Å². The van der Waals surface area contributed by atoms with E-state index in [1.54, 1.807) is 16.2 Å². The summed E-state index contributed by atoms with van der Waals surface area (Å²) in [6.45, 7) is 11.2. The lowest BCUT2D eigenvalue weighted by Gasteiger charge is -2.41. The van der Waals surface area contributed by atoms with Gasteiger partial charge in [-0.2, -0.15) is 0 Å². The quantitative estimate of drug-likeness (QED) is 0.601. The van der Waals surface area contributed by atoms with E-state index in [-0.39, 0.29) is 11.5 Å². The first-order valence-corrected chi connectivity index (χ1v) is 9.62. The minimum atomic E-state index is -0.489. The molecular formula is C20H24ClNO2S. The number of ether oxygens (including phenoxy) is 1. The minimum Gasteiger partial charge on any atom is -0.444 e. The lowest BCUT2D eigenvalue weighted by molar-refractivity contribution is 0.0174. The van der Waals surface area contributed by atoms with Crippen LogP contribution in [0, 0.1) is 0 Å². The predicted octanol–water partition coefficient (Wildman–Crippen LogP) is 6.10. The van der Waals surface area contributed by atoms with Crippen molar-refractivity contribution in [3.05, 3.63) is 45.8 Å². The molecule has 0 spiro atoms. The Bertz CT molecular complexity index is 804. The molecule has 3 rings (SSSR count). The number of benzene rings is 1. The molecule has 2 heterocycles. The molecule has 1 aliphatic rings. The number of carbonyl (C=O) groups is 1. The van der Waals surface area contributed by atoms with Gasteiger partial charge in [0.15, 0.2) is 0 Å². The first-order chi connectivity index (χ1) is 11.6. The van der Waals surface area contributed by atoms with E-state index in [2.05, 4.69) is 38.1 Å². The van der Waals surface area contributed by atoms with Crippen LogP contribution >= 0.6 is 22.9 Å². The van der Waals surface area contributed by atoms with Gasteiger partial charge in [-0.1, -0.05) is 43.6 Å². The number of halogens is 1. The second-order valence-corrected chi connectivity index (χ2v) is 9.88. The SMILES string of the molecule is CC(C)(C)OC(=O)N1Cc2cccc(-c3ccc(Cl)s3)c2C(C)(C)C1. The van der Waals surface area contributed by atoms with Crippen LogP contribution in [0.15, 0.2) is 30.3 Å². The maximum Gasteiger partial charge on any atom is 0.410 e. The van der Waals surface area contributed by atoms with Gasteiger partial charge in [-0.15, -0.1) is 11.3 Å². The molecule has 0 unspecified atom stereocenters. The molecule has 2 aromatic rings. The van der Waals surface area contributed by atoms with Crippen LogP contribution in [-0.2, 0) is 16.7 Å². The Morgan fingerprint density at radius 2 is 1.96 bits per heavy atom. The van der Waals surface area contributed by atoms with Crippen molar-refractivity contribution in [1.82, 2.24) is 4.90 Å². The number of fused-ring (bicyclic) bond motifs is 1. The predicted molar refractivity (Wildman–Crippen MR) is 104 cm³/mol. The van der Waals surface area contributed by atoms with E-state index in [0.29, 0.717) is 13.1 Å². The Morgan fingerprint density at radius 3 is 2.56 bits per heavy atom. The third kappa shape index (κ3) is 3.85. The fourth-order valence-corrected chi connectivity index (χ4v) is 4.54. The van der Waals surface area contributed by atoms with Gasteiger partial charge in [-0.25, -0.2) is 4.79 Å². The van der Waals surface area contributed by atoms with Crippen molar-refractivity contribution in [3.63, 3.8) is 0 Å². The molecule has 0 N–H and O–H groups in total. The molecule has 1 amide bonds. The zero-order valence-electron chi connectivity index (χ0n) is 15.4. The number of amides is 1. The maximum atomic E-state index is 12.6. The number of nitrogens with zero attached hydrogens (tertiary/aromatic N) is 1. The maximum absolute atomic E-state index is 12.6. The van der Waals surface area contributed by atoms with Crippen LogP contribution in [0.4, 0.5) is 4.79 Å². The van der Waals surface area contributed by atoms with Gasteiger partial charge in [-0.05, 0) is 49.6 Å². The average molecular weight is 378 g/mol. The molecule has 0 saturated carbocycles. The van der Waals surface area contributed by atoms with E-state index in [1.165, 1.54) is 21.6 Å². The van der Waals surface area contributed by atoms with Crippen molar-refractivity contribution in [2.45, 2.75) is 52.2 Å². The van der Waals surface area contributed by atoms with Gasteiger partial charge in [0.05, 0.1) is 4.34 Å². The van der Waals surface area contributed by atoms with Gasteiger partial charge in [0.25, 0.3) is 0 Å². The topological polar surface area (TPSA) is 29.5 Å². The fraction of sp³-hybridized carbons (Fsp3) is 0.450. The monoisotopic (exact) mass is 377 g/mol. The standard InChI is InChI=1S/C20H24ClNO2S/c1-19(2,3)24-18(23)22-11-13-7-6-8-14(15-9-10-16(21)25-15)17(13)20(4,5)12-22/h6-10H,11-12H2,1-5H3. The third-order valence-corrected chi connectivity index (χ3v) is 5.53. The van der Waals surface area contributed by atoms with Gasteiger partial charge in [-0.3, -0.25) is 0 Å². The van der Waals surface area contributed by atoms with Gasteiger partial charge in [0.2, 0.25) is 0 Å². The summed E-state index contributed by atoms with van der Waals surface area (Å²) >= 11 is 7.73. The van der Waals surface area contributed by atoms with Crippen LogP contribution < -0.4 is 0 Å². The summed E-state index contributed by atoms with van der Waals surface area (Å²) in [6, 6.07) is 10.3. The molecule has 0 atom stereocenters. The largest absolute Gasteiger partial charge is 0.444 e. The van der Waals surface area contributed by atoms with E-state index in [1.807, 2.05) is 26.8 Å². The summed E-state index contributed by atoms with van der Waals surface area (Å²) in [5.74, 6) is 0. The van der Waals surface area contributed by atoms with Crippen LogP contribution in [0.25, 0.3) is 10.4 Å². The van der Waals surface area contributed by atoms with Crippen molar-refractivity contribution < 1.29 is 9.53 Å². The number of hydrogen-bond acceptors (Lipinski definition) is 3. The van der Waals surface area contributed by atoms with Crippen LogP contribution in [0.3, 0.4) is 0 Å². The van der Waals surface area contributed by atoms with Crippen molar-refractivity contribution in [2.75, 3.05) is 6.54 Å². The molecule has 1 aromatic heterocycles. The molecule has 134 valence electrons. The van der Waals surface area contributed by atoms with Crippen LogP contribution in [0.1, 0.15) is 45.7 Å². The van der Waals surface area contributed by atoms with Gasteiger partial charge in [0.1, 0.15) is 5.60 Å². The van der Waals surface area contributed by atoms with E-state index >= 15 is 0 Å². The zero-order chi connectivity index (χ0) is 18.4. The lowest BCUT2D eigenvalue weighted by atomic mass is 9.75. The molecule has 0 saturated heterocycles. The second kappa shape index (κ2) is 6.33. The molecular weight excluding hydrogens is 354 g/mol. The summed E-state index contributed by atoms with van der Waals surface area (Å²) in [7, 11) is 0. The normalized spacial score (nSPS) is 16.5. The Hall–Kier alpha value is -1.52. The Kier molecular flexibility index (Phi) is 4.63. The van der Waals surface area contributed by atoms with Crippen molar-refractivity contribution in [1.29, 1.82) is 0 Å². The highest BCUT2D eigenvalue weighted by atomic mass is 35.5. The van der Waals surface area contributed by atoms with Gasteiger partial charge in [0, 0.05) is 23.4 Å². The Morgan fingerprint density at radius 1 is 1.24 bits per heavy atom. The van der Waals surface area contributed by atoms with Crippen LogP contribution in [-0.4, -0.2) is 23.1 Å². The molecule has 0 radical (unpaired) electrons. The van der Waals surface area contributed by atoms with E-state index in [0.717, 1.165) is 4.34 Å². The van der Waals surface area contributed by atoms with Gasteiger partial charge < -0.3 is 9.64 Å². The van der Waals surface area contributed by atoms with E-state index in [9.17, 15) is 4.79 Å². The summed E-state index contributed by atoms with van der Waals surface area (Å²) in [5.41, 5.74) is 3.02. The summed E-state index contributed by atoms with van der Waals surface area (Å²) < 4.78 is 6.36. The van der Waals surface area contributed by atoms with Crippen molar-refractivity contribution in [2.24, 2.45) is 0 Å². The molecule has 1 aliphatic heterocycles. The lowest BCUT2D eigenvalue weighted by Crippen LogP contribution is -2.47. The van der Waals surface area contributed by atoms with E-state index in [4.69, 9.17) is 16.3 Å². The molecule has 3 nitrogen and oxygen atoms in total. The fourth-order valence-electron chi connectivity index (χ4n) is 3.47. The zero-order valence-corrected chi connectivity index (χ0v) is 16.9. The van der Waals surface area contributed by atoms with Crippen molar-refractivity contribution >= 4 is 29.0 Å². The van der Waals surface area contributed by atoms with Crippen molar-refractivity contribution in [3.8, 4) is 10.4 Å². The van der Waals surface area contributed by atoms with E-state index < -0.39 is 5.60 Å². The molecule has 0 bridgehead atoms. The highest BCUT2D eigenvalue weighted by Crippen LogP contribution is 2.42. The highest BCUT2D eigenvalue weighted by molar-refractivity contribution is 7.19. The Balaban J connectivity index is 1.99. The Labute approximate surface area is 158 Å². The number of carbonyl (C=O) groups excluding carboxylic acids is 1. The third-order valence-electron chi connectivity index (χ3n) is 4.27. The molecule has 0 fully saturated rings. The second-order valence-electron chi connectivity index (χ2n) is 8.16. The highest BCUT2D eigenvalue weighted by Gasteiger charge is 2.37. The summed E-state index contributed by atoms with van der Waals surface area (Å²) in [6.07, 6.45) is -0.254. The number of hydrogen-bond donors (Lipinski definition) is 0. The van der Waals surface area contributed by atoms with Crippen LogP contribution in [0.2, 0.25) is 4.34 Å². The number of thiophene rings is 1. The first-order valence-electron chi connectivity index (χ1n) is 8.43. The van der Waals surface area contributed by atoms with Crippen LogP contribution in [0.5, 0.6) is 0 Å². The molecule has 0 aliphatic carbocycles. The molecule has 25 heavy (non-hydrogen) atoms. The minimum absolute atomic E-state index is 0.169. The number of rotatable bonds is 1. The molecule has 1 aromatic carbocycles.